The summed E-state index contributed by atoms with van der Waals surface area (Å²) >= 11 is 0. The fraction of sp³-hybridized carbons (Fsp3) is 0.571. The van der Waals surface area contributed by atoms with Crippen LogP contribution < -0.4 is 11.5 Å². The predicted molar refractivity (Wildman–Crippen MR) is 72.6 cm³/mol. The second kappa shape index (κ2) is 5.24. The maximum atomic E-state index is 5.91. The average molecular weight is 222 g/mol. The van der Waals surface area contributed by atoms with Crippen LogP contribution in [0, 0.1) is 10.8 Å². The normalized spacial score (nSPS) is 15.9. The Morgan fingerprint density at radius 2 is 0.938 bits per heavy atom. The summed E-state index contributed by atoms with van der Waals surface area (Å²) in [5.74, 6) is 0. The first-order chi connectivity index (χ1) is 7.05. The number of allylic oxidation sites excluding steroid dienone is 6. The lowest BCUT2D eigenvalue weighted by molar-refractivity contribution is 0.497. The summed E-state index contributed by atoms with van der Waals surface area (Å²) in [5.41, 5.74) is 13.6. The molecule has 0 amide bonds. The van der Waals surface area contributed by atoms with E-state index < -0.39 is 0 Å². The Kier molecular flexibility index (Phi) is 4.85. The molecule has 92 valence electrons. The summed E-state index contributed by atoms with van der Waals surface area (Å²) in [7, 11) is 0. The van der Waals surface area contributed by atoms with E-state index in [1.165, 1.54) is 0 Å². The summed E-state index contributed by atoms with van der Waals surface area (Å²) in [5, 5.41) is 0. The van der Waals surface area contributed by atoms with Crippen LogP contribution in [0.15, 0.2) is 35.7 Å². The molecule has 0 spiro atoms. The zero-order valence-corrected chi connectivity index (χ0v) is 11.5. The summed E-state index contributed by atoms with van der Waals surface area (Å²) in [4.78, 5) is 0. The third kappa shape index (κ3) is 5.64. The molecule has 0 rings (SSSR count). The standard InChI is InChI=1S/C14H26N2/c1-13(2,3)11(15)9-7-8-10-12(16)14(4,5)6/h7-10H,15-16H2,1-6H3/b8-7+,11-9-,12-10-. The Labute approximate surface area is 100 Å². The Hall–Kier alpha value is -1.18. The van der Waals surface area contributed by atoms with Crippen LogP contribution in [0.25, 0.3) is 0 Å². The molecule has 4 N–H and O–H groups in total. The minimum atomic E-state index is 0.0175. The van der Waals surface area contributed by atoms with Crippen LogP contribution in [0.2, 0.25) is 0 Å². The van der Waals surface area contributed by atoms with Crippen molar-refractivity contribution in [2.24, 2.45) is 22.3 Å². The summed E-state index contributed by atoms with van der Waals surface area (Å²) in [6, 6.07) is 0. The van der Waals surface area contributed by atoms with Crippen molar-refractivity contribution in [3.8, 4) is 0 Å². The van der Waals surface area contributed by atoms with E-state index in [9.17, 15) is 0 Å². The van der Waals surface area contributed by atoms with Crippen LogP contribution in [0.4, 0.5) is 0 Å². The maximum Gasteiger partial charge on any atom is 0.0135 e. The maximum absolute atomic E-state index is 5.91. The molecule has 0 aromatic heterocycles. The van der Waals surface area contributed by atoms with Gasteiger partial charge in [-0.05, 0) is 12.2 Å². The second-order valence-corrected chi connectivity index (χ2v) is 6.13. The van der Waals surface area contributed by atoms with Gasteiger partial charge in [0.1, 0.15) is 0 Å². The van der Waals surface area contributed by atoms with Gasteiger partial charge in [-0.1, -0.05) is 53.7 Å². The van der Waals surface area contributed by atoms with Gasteiger partial charge in [0.05, 0.1) is 0 Å². The van der Waals surface area contributed by atoms with E-state index in [2.05, 4.69) is 41.5 Å². The molecule has 0 bridgehead atoms. The van der Waals surface area contributed by atoms with Crippen molar-refractivity contribution in [1.82, 2.24) is 0 Å². The van der Waals surface area contributed by atoms with Crippen LogP contribution in [-0.2, 0) is 0 Å². The van der Waals surface area contributed by atoms with Gasteiger partial charge in [-0.2, -0.15) is 0 Å². The number of rotatable bonds is 2. The van der Waals surface area contributed by atoms with Crippen LogP contribution >= 0.6 is 0 Å². The van der Waals surface area contributed by atoms with Crippen LogP contribution in [0.5, 0.6) is 0 Å². The Morgan fingerprint density at radius 1 is 0.688 bits per heavy atom. The van der Waals surface area contributed by atoms with Crippen molar-refractivity contribution >= 4 is 0 Å². The van der Waals surface area contributed by atoms with Gasteiger partial charge in [0.25, 0.3) is 0 Å². The summed E-state index contributed by atoms with van der Waals surface area (Å²) < 4.78 is 0. The van der Waals surface area contributed by atoms with E-state index in [4.69, 9.17) is 11.5 Å². The first-order valence-electron chi connectivity index (χ1n) is 5.65. The largest absolute Gasteiger partial charge is 0.402 e. The molecule has 0 heterocycles. The number of hydrogen-bond acceptors (Lipinski definition) is 2. The molecule has 2 nitrogen and oxygen atoms in total. The van der Waals surface area contributed by atoms with Gasteiger partial charge in [0.2, 0.25) is 0 Å². The highest BCUT2D eigenvalue weighted by Crippen LogP contribution is 2.21. The van der Waals surface area contributed by atoms with Crippen molar-refractivity contribution in [2.45, 2.75) is 41.5 Å². The van der Waals surface area contributed by atoms with Gasteiger partial charge in [0.15, 0.2) is 0 Å². The SMILES string of the molecule is CC(C)(C)/C(N)=C/C=C/C=C(\N)C(C)(C)C. The van der Waals surface area contributed by atoms with Crippen LogP contribution in [0.1, 0.15) is 41.5 Å². The Bertz CT molecular complexity index is 275. The molecule has 0 aromatic carbocycles. The quantitative estimate of drug-likeness (QED) is 0.704. The third-order valence-electron chi connectivity index (χ3n) is 2.39. The van der Waals surface area contributed by atoms with Crippen molar-refractivity contribution in [3.63, 3.8) is 0 Å². The van der Waals surface area contributed by atoms with E-state index in [1.807, 2.05) is 24.3 Å². The van der Waals surface area contributed by atoms with E-state index >= 15 is 0 Å². The molecule has 2 heteroatoms. The van der Waals surface area contributed by atoms with Crippen molar-refractivity contribution in [3.05, 3.63) is 35.7 Å². The lowest BCUT2D eigenvalue weighted by atomic mass is 9.91. The Morgan fingerprint density at radius 3 is 1.12 bits per heavy atom. The van der Waals surface area contributed by atoms with Crippen LogP contribution in [-0.4, -0.2) is 0 Å². The van der Waals surface area contributed by atoms with E-state index in [-0.39, 0.29) is 10.8 Å². The summed E-state index contributed by atoms with van der Waals surface area (Å²) in [6.07, 6.45) is 7.71. The van der Waals surface area contributed by atoms with Crippen LogP contribution in [0.3, 0.4) is 0 Å². The van der Waals surface area contributed by atoms with Gasteiger partial charge in [-0.15, -0.1) is 0 Å². The van der Waals surface area contributed by atoms with Crippen molar-refractivity contribution in [2.75, 3.05) is 0 Å². The minimum Gasteiger partial charge on any atom is -0.402 e. The predicted octanol–water partition coefficient (Wildman–Crippen LogP) is 3.32. The number of hydrogen-bond donors (Lipinski definition) is 2. The molecule has 0 aromatic rings. The molecule has 0 aliphatic carbocycles. The second-order valence-electron chi connectivity index (χ2n) is 6.13. The zero-order valence-electron chi connectivity index (χ0n) is 11.5. The highest BCUT2D eigenvalue weighted by Gasteiger charge is 2.13. The first kappa shape index (κ1) is 14.8. The molecule has 0 unspecified atom stereocenters. The fourth-order valence-electron chi connectivity index (χ4n) is 0.818. The van der Waals surface area contributed by atoms with E-state index in [0.29, 0.717) is 0 Å². The minimum absolute atomic E-state index is 0.0175. The Balaban J connectivity index is 4.56. The van der Waals surface area contributed by atoms with Gasteiger partial charge in [-0.3, -0.25) is 0 Å². The van der Waals surface area contributed by atoms with Gasteiger partial charge in [-0.25, -0.2) is 0 Å². The van der Waals surface area contributed by atoms with E-state index in [0.717, 1.165) is 11.4 Å². The smallest absolute Gasteiger partial charge is 0.0135 e. The molecule has 0 fully saturated rings. The summed E-state index contributed by atoms with van der Waals surface area (Å²) in [6.45, 7) is 12.5. The highest BCUT2D eigenvalue weighted by atomic mass is 14.6. The number of nitrogens with two attached hydrogens (primary N) is 2. The third-order valence-corrected chi connectivity index (χ3v) is 2.39. The average Bonchev–Trinajstić information content (AvgIpc) is 2.08. The molecule has 0 aliphatic rings. The molecule has 0 radical (unpaired) electrons. The monoisotopic (exact) mass is 222 g/mol. The first-order valence-corrected chi connectivity index (χ1v) is 5.65. The molecule has 0 saturated carbocycles. The molecule has 0 aliphatic heterocycles. The molecule has 0 saturated heterocycles. The van der Waals surface area contributed by atoms with Gasteiger partial charge in [0, 0.05) is 22.2 Å². The molecule has 16 heavy (non-hydrogen) atoms. The van der Waals surface area contributed by atoms with Gasteiger partial charge >= 0.3 is 0 Å². The fourth-order valence-corrected chi connectivity index (χ4v) is 0.818. The molecular weight excluding hydrogens is 196 g/mol. The van der Waals surface area contributed by atoms with Crippen molar-refractivity contribution < 1.29 is 0 Å². The van der Waals surface area contributed by atoms with Gasteiger partial charge < -0.3 is 11.5 Å². The molecular formula is C14H26N2. The zero-order chi connectivity index (χ0) is 13.0. The lowest BCUT2D eigenvalue weighted by Gasteiger charge is -2.18. The van der Waals surface area contributed by atoms with Crippen molar-refractivity contribution in [1.29, 1.82) is 0 Å². The lowest BCUT2D eigenvalue weighted by Crippen LogP contribution is -2.16. The topological polar surface area (TPSA) is 52.0 Å². The molecule has 0 atom stereocenters. The highest BCUT2D eigenvalue weighted by molar-refractivity contribution is 5.21. The van der Waals surface area contributed by atoms with E-state index in [1.54, 1.807) is 0 Å².